The Morgan fingerprint density at radius 3 is 2.10 bits per heavy atom. The second-order valence-corrected chi connectivity index (χ2v) is 17.3. The van der Waals surface area contributed by atoms with Gasteiger partial charge in [0.2, 0.25) is 0 Å². The first-order valence-electron chi connectivity index (χ1n) is 21.5. The van der Waals surface area contributed by atoms with Gasteiger partial charge in [-0.1, -0.05) is 148 Å². The highest BCUT2D eigenvalue weighted by Crippen LogP contribution is 2.53. The summed E-state index contributed by atoms with van der Waals surface area (Å²) in [6.07, 6.45) is 12.6. The van der Waals surface area contributed by atoms with Crippen molar-refractivity contribution in [2.24, 2.45) is 5.92 Å². The van der Waals surface area contributed by atoms with Crippen LogP contribution < -0.4 is 4.90 Å². The molecule has 11 rings (SSSR count). The Balaban J connectivity index is 1.04. The highest BCUT2D eigenvalue weighted by atomic mass is 15.1. The quantitative estimate of drug-likeness (QED) is 0.157. The summed E-state index contributed by atoms with van der Waals surface area (Å²) in [5, 5.41) is 1.34. The molecule has 3 aliphatic carbocycles. The molecule has 0 bridgehead atoms. The fourth-order valence-corrected chi connectivity index (χ4v) is 10.2. The Labute approximate surface area is 354 Å². The van der Waals surface area contributed by atoms with Crippen molar-refractivity contribution in [1.82, 2.24) is 4.57 Å². The van der Waals surface area contributed by atoms with Gasteiger partial charge in [0.05, 0.1) is 11.2 Å². The summed E-state index contributed by atoms with van der Waals surface area (Å²) in [6.45, 7) is 7.14. The van der Waals surface area contributed by atoms with Gasteiger partial charge in [0.25, 0.3) is 0 Å². The zero-order valence-electron chi connectivity index (χ0n) is 34.6. The molecule has 0 saturated heterocycles. The Bertz CT molecular complexity index is 3030. The first-order valence-corrected chi connectivity index (χ1v) is 21.5. The zero-order chi connectivity index (χ0) is 40.4. The maximum absolute atomic E-state index is 2.48. The van der Waals surface area contributed by atoms with Crippen LogP contribution in [0.1, 0.15) is 56.0 Å². The number of benzene rings is 7. The van der Waals surface area contributed by atoms with Crippen molar-refractivity contribution >= 4 is 39.6 Å². The van der Waals surface area contributed by atoms with E-state index < -0.39 is 0 Å². The summed E-state index contributed by atoms with van der Waals surface area (Å²) in [4.78, 5) is 2.48. The Kier molecular flexibility index (Phi) is 8.71. The summed E-state index contributed by atoms with van der Waals surface area (Å²) in [6, 6.07) is 62.9. The van der Waals surface area contributed by atoms with Crippen molar-refractivity contribution in [2.75, 3.05) is 4.90 Å². The fraction of sp³-hybridized carbons (Fsp3) is 0.138. The molecule has 0 spiro atoms. The van der Waals surface area contributed by atoms with Crippen molar-refractivity contribution in [3.05, 3.63) is 216 Å². The molecule has 3 aliphatic rings. The molecule has 2 heteroatoms. The van der Waals surface area contributed by atoms with E-state index >= 15 is 0 Å². The number of aromatic nitrogens is 1. The Hall–Kier alpha value is -6.90. The van der Waals surface area contributed by atoms with Crippen LogP contribution in [0.15, 0.2) is 194 Å². The molecule has 1 heterocycles. The molecule has 0 fully saturated rings. The number of hydrogen-bond donors (Lipinski definition) is 0. The van der Waals surface area contributed by atoms with Crippen molar-refractivity contribution in [2.45, 2.75) is 45.4 Å². The molecule has 60 heavy (non-hydrogen) atoms. The van der Waals surface area contributed by atoms with Crippen LogP contribution in [0.3, 0.4) is 0 Å². The summed E-state index contributed by atoms with van der Waals surface area (Å²) in [5.74, 6) is 0.547. The number of anilines is 3. The standard InChI is InChI=1S/C58H48N2/c1-39-25-33-53-51(35-39)49-32-31-47(38-54(49)58(53,2)3)59(55-23-12-10-21-48(55)44-18-14-17-42(36-44)40-15-6-4-7-16-40)46-29-26-41(27-30-46)43-28-34-57-52(37-43)50-22-11-13-24-56(50)60(57)45-19-8-5-9-20-45/h4-10,12-21,23-34,36-39H,11,22,35H2,1-3H3. The number of rotatable bonds is 7. The number of para-hydroxylation sites is 2. The SMILES string of the molecule is CC1C=CC2=C(C1)c1ccc(N(c3ccc(-c4ccc5c(c4)c4c(n5-c5ccccc5)C=CCC4)cc3)c3ccccc3-c3cccc(-c4ccccc4)c3)cc1C2(C)C. The monoisotopic (exact) mass is 772 g/mol. The van der Waals surface area contributed by atoms with Crippen molar-refractivity contribution < 1.29 is 0 Å². The van der Waals surface area contributed by atoms with Crippen LogP contribution in [0.2, 0.25) is 0 Å². The molecule has 1 unspecified atom stereocenters. The molecule has 290 valence electrons. The van der Waals surface area contributed by atoms with Crippen LogP contribution in [0.4, 0.5) is 17.1 Å². The minimum atomic E-state index is -0.0799. The van der Waals surface area contributed by atoms with E-state index in [2.05, 4.69) is 224 Å². The van der Waals surface area contributed by atoms with E-state index in [1.165, 1.54) is 89.2 Å². The maximum Gasteiger partial charge on any atom is 0.0540 e. The molecule has 7 aromatic carbocycles. The van der Waals surface area contributed by atoms with Crippen LogP contribution in [-0.2, 0) is 11.8 Å². The maximum atomic E-state index is 2.48. The second-order valence-electron chi connectivity index (χ2n) is 17.3. The van der Waals surface area contributed by atoms with Crippen molar-refractivity contribution in [1.29, 1.82) is 0 Å². The summed E-state index contributed by atoms with van der Waals surface area (Å²) >= 11 is 0. The van der Waals surface area contributed by atoms with E-state index in [0.29, 0.717) is 5.92 Å². The highest BCUT2D eigenvalue weighted by Gasteiger charge is 2.38. The van der Waals surface area contributed by atoms with Gasteiger partial charge in [0.15, 0.2) is 0 Å². The zero-order valence-corrected chi connectivity index (χ0v) is 34.6. The van der Waals surface area contributed by atoms with Gasteiger partial charge in [0.1, 0.15) is 0 Å². The van der Waals surface area contributed by atoms with E-state index in [0.717, 1.165) is 30.6 Å². The number of nitrogens with zero attached hydrogens (tertiary/aromatic N) is 2. The average molecular weight is 773 g/mol. The largest absolute Gasteiger partial charge is 0.310 e. The Morgan fingerprint density at radius 1 is 0.583 bits per heavy atom. The lowest BCUT2D eigenvalue weighted by molar-refractivity contribution is 0.643. The lowest BCUT2D eigenvalue weighted by Gasteiger charge is -2.30. The van der Waals surface area contributed by atoms with Gasteiger partial charge in [0, 0.05) is 39.1 Å². The predicted octanol–water partition coefficient (Wildman–Crippen LogP) is 15.7. The summed E-state index contributed by atoms with van der Waals surface area (Å²) < 4.78 is 2.43. The van der Waals surface area contributed by atoms with E-state index in [1.54, 1.807) is 0 Å². The van der Waals surface area contributed by atoms with Gasteiger partial charge in [-0.2, -0.15) is 0 Å². The molecule has 8 aromatic rings. The van der Waals surface area contributed by atoms with E-state index in [-0.39, 0.29) is 5.41 Å². The molecule has 1 aromatic heterocycles. The van der Waals surface area contributed by atoms with E-state index in [4.69, 9.17) is 0 Å². The number of hydrogen-bond acceptors (Lipinski definition) is 1. The van der Waals surface area contributed by atoms with Crippen LogP contribution in [-0.4, -0.2) is 4.57 Å². The van der Waals surface area contributed by atoms with Gasteiger partial charge in [-0.15, -0.1) is 0 Å². The minimum Gasteiger partial charge on any atom is -0.310 e. The molecule has 2 nitrogen and oxygen atoms in total. The fourth-order valence-electron chi connectivity index (χ4n) is 10.2. The number of fused-ring (bicyclic) bond motifs is 5. The van der Waals surface area contributed by atoms with Gasteiger partial charge in [-0.25, -0.2) is 0 Å². The molecule has 0 radical (unpaired) electrons. The second kappa shape index (κ2) is 14.4. The number of aryl methyl sites for hydroxylation is 1. The molecule has 0 N–H and O–H groups in total. The minimum absolute atomic E-state index is 0.0799. The van der Waals surface area contributed by atoms with Crippen LogP contribution in [0.25, 0.3) is 61.6 Å². The van der Waals surface area contributed by atoms with Gasteiger partial charge < -0.3 is 9.47 Å². The third kappa shape index (κ3) is 6.01. The topological polar surface area (TPSA) is 8.17 Å². The summed E-state index contributed by atoms with van der Waals surface area (Å²) in [5.41, 5.74) is 21.6. The lowest BCUT2D eigenvalue weighted by atomic mass is 9.79. The summed E-state index contributed by atoms with van der Waals surface area (Å²) in [7, 11) is 0. The normalized spacial score (nSPS) is 16.1. The third-order valence-electron chi connectivity index (χ3n) is 13.2. The van der Waals surface area contributed by atoms with Crippen molar-refractivity contribution in [3.8, 4) is 39.1 Å². The average Bonchev–Trinajstić information content (AvgIpc) is 3.74. The van der Waals surface area contributed by atoms with Crippen LogP contribution >= 0.6 is 0 Å². The molecular formula is C58H48N2. The first-order chi connectivity index (χ1) is 29.4. The van der Waals surface area contributed by atoms with Gasteiger partial charge in [-0.05, 0) is 148 Å². The van der Waals surface area contributed by atoms with E-state index in [9.17, 15) is 0 Å². The molecule has 0 amide bonds. The highest BCUT2D eigenvalue weighted by molar-refractivity contribution is 5.95. The van der Waals surface area contributed by atoms with Crippen LogP contribution in [0.5, 0.6) is 0 Å². The lowest BCUT2D eigenvalue weighted by Crippen LogP contribution is -2.18. The molecule has 1 atom stereocenters. The smallest absolute Gasteiger partial charge is 0.0540 e. The number of allylic oxidation sites excluding steroid dienone is 5. The third-order valence-corrected chi connectivity index (χ3v) is 13.2. The van der Waals surface area contributed by atoms with E-state index in [1.807, 2.05) is 0 Å². The van der Waals surface area contributed by atoms with Gasteiger partial charge >= 0.3 is 0 Å². The van der Waals surface area contributed by atoms with Crippen molar-refractivity contribution in [3.63, 3.8) is 0 Å². The first kappa shape index (κ1) is 36.2. The Morgan fingerprint density at radius 2 is 1.27 bits per heavy atom. The predicted molar refractivity (Wildman–Crippen MR) is 254 cm³/mol. The molecular weight excluding hydrogens is 725 g/mol. The van der Waals surface area contributed by atoms with Crippen LogP contribution in [0, 0.1) is 5.92 Å². The van der Waals surface area contributed by atoms with Gasteiger partial charge in [-0.3, -0.25) is 0 Å². The molecule has 0 saturated carbocycles. The molecule has 0 aliphatic heterocycles.